The summed E-state index contributed by atoms with van der Waals surface area (Å²) < 4.78 is 11.1. The molecule has 1 N–H and O–H groups in total. The van der Waals surface area contributed by atoms with Crippen molar-refractivity contribution in [2.75, 3.05) is 6.61 Å². The third-order valence-corrected chi connectivity index (χ3v) is 3.58. The summed E-state index contributed by atoms with van der Waals surface area (Å²) in [5, 5.41) is 10.4. The SMILES string of the molecule is CC(C)(C)OC(=O)N1C2CO[C@@H]1c1ccccc1[C@@H]2O. The van der Waals surface area contributed by atoms with Crippen molar-refractivity contribution >= 4 is 6.09 Å². The van der Waals surface area contributed by atoms with Gasteiger partial charge in [0.15, 0.2) is 6.23 Å². The zero-order valence-electron chi connectivity index (χ0n) is 11.9. The van der Waals surface area contributed by atoms with E-state index in [1.54, 1.807) is 0 Å². The highest BCUT2D eigenvalue weighted by Gasteiger charge is 2.49. The van der Waals surface area contributed by atoms with Crippen LogP contribution in [0.3, 0.4) is 0 Å². The first-order chi connectivity index (χ1) is 9.38. The zero-order chi connectivity index (χ0) is 14.5. The lowest BCUT2D eigenvalue weighted by molar-refractivity contribution is -0.0320. The fourth-order valence-corrected chi connectivity index (χ4v) is 2.77. The molecule has 0 aromatic heterocycles. The molecular weight excluding hydrogens is 258 g/mol. The van der Waals surface area contributed by atoms with Gasteiger partial charge in [0, 0.05) is 5.56 Å². The number of fused-ring (bicyclic) bond motifs is 4. The standard InChI is InChI=1S/C15H19NO4/c1-15(2,3)20-14(18)16-11-8-19-13(16)10-7-5-4-6-9(10)12(11)17/h4-7,11-13,17H,8H2,1-3H3/t11?,12-,13+/m0/s1. The smallest absolute Gasteiger partial charge is 0.413 e. The van der Waals surface area contributed by atoms with Gasteiger partial charge in [-0.2, -0.15) is 0 Å². The Morgan fingerprint density at radius 1 is 1.35 bits per heavy atom. The van der Waals surface area contributed by atoms with Crippen molar-refractivity contribution in [2.24, 2.45) is 0 Å². The quantitative estimate of drug-likeness (QED) is 0.791. The Hall–Kier alpha value is -1.59. The molecule has 2 heterocycles. The van der Waals surface area contributed by atoms with Gasteiger partial charge in [-0.3, -0.25) is 4.90 Å². The van der Waals surface area contributed by atoms with Crippen molar-refractivity contribution in [1.82, 2.24) is 4.90 Å². The number of aliphatic hydroxyl groups excluding tert-OH is 1. The lowest BCUT2D eigenvalue weighted by Gasteiger charge is -2.37. The minimum Gasteiger partial charge on any atom is -0.444 e. The molecule has 0 spiro atoms. The summed E-state index contributed by atoms with van der Waals surface area (Å²) in [4.78, 5) is 13.9. The van der Waals surface area contributed by atoms with Crippen LogP contribution in [0.15, 0.2) is 24.3 Å². The second kappa shape index (κ2) is 4.46. The van der Waals surface area contributed by atoms with E-state index in [4.69, 9.17) is 9.47 Å². The van der Waals surface area contributed by atoms with E-state index < -0.39 is 24.0 Å². The maximum atomic E-state index is 12.3. The molecule has 1 aromatic carbocycles. The molecule has 2 bridgehead atoms. The van der Waals surface area contributed by atoms with Gasteiger partial charge in [0.25, 0.3) is 0 Å². The lowest BCUT2D eigenvalue weighted by atomic mass is 9.92. The van der Waals surface area contributed by atoms with Crippen LogP contribution >= 0.6 is 0 Å². The Morgan fingerprint density at radius 3 is 2.65 bits per heavy atom. The molecule has 5 nitrogen and oxygen atoms in total. The van der Waals surface area contributed by atoms with Crippen LogP contribution in [0.1, 0.15) is 44.2 Å². The molecule has 108 valence electrons. The average molecular weight is 277 g/mol. The molecular formula is C15H19NO4. The van der Waals surface area contributed by atoms with Gasteiger partial charge in [0.05, 0.1) is 12.6 Å². The first-order valence-corrected chi connectivity index (χ1v) is 6.78. The number of aliphatic hydroxyl groups is 1. The molecule has 3 atom stereocenters. The van der Waals surface area contributed by atoms with Crippen LogP contribution in [0.4, 0.5) is 4.79 Å². The first kappa shape index (κ1) is 13.4. The molecule has 1 unspecified atom stereocenters. The highest BCUT2D eigenvalue weighted by molar-refractivity contribution is 5.70. The van der Waals surface area contributed by atoms with Crippen LogP contribution < -0.4 is 0 Å². The summed E-state index contributed by atoms with van der Waals surface area (Å²) in [6, 6.07) is 7.12. The van der Waals surface area contributed by atoms with Crippen molar-refractivity contribution in [3.63, 3.8) is 0 Å². The van der Waals surface area contributed by atoms with Crippen molar-refractivity contribution in [2.45, 2.75) is 44.7 Å². The third kappa shape index (κ3) is 2.07. The number of benzene rings is 1. The molecule has 0 saturated carbocycles. The summed E-state index contributed by atoms with van der Waals surface area (Å²) in [5.41, 5.74) is 1.10. The Kier molecular flexibility index (Phi) is 2.99. The van der Waals surface area contributed by atoms with E-state index in [2.05, 4.69) is 0 Å². The van der Waals surface area contributed by atoms with Gasteiger partial charge in [-0.1, -0.05) is 24.3 Å². The maximum Gasteiger partial charge on any atom is 0.413 e. The summed E-state index contributed by atoms with van der Waals surface area (Å²) in [6.07, 6.45) is -1.65. The highest BCUT2D eigenvalue weighted by Crippen LogP contribution is 2.44. The van der Waals surface area contributed by atoms with Crippen molar-refractivity contribution in [3.8, 4) is 0 Å². The normalized spacial score (nSPS) is 28.2. The van der Waals surface area contributed by atoms with E-state index in [1.165, 1.54) is 4.90 Å². The lowest BCUT2D eigenvalue weighted by Crippen LogP contribution is -2.47. The fourth-order valence-electron chi connectivity index (χ4n) is 2.77. The van der Waals surface area contributed by atoms with E-state index in [-0.39, 0.29) is 6.04 Å². The molecule has 1 amide bonds. The van der Waals surface area contributed by atoms with Gasteiger partial charge in [-0.25, -0.2) is 4.79 Å². The van der Waals surface area contributed by atoms with Gasteiger partial charge >= 0.3 is 6.09 Å². The van der Waals surface area contributed by atoms with Gasteiger partial charge in [-0.15, -0.1) is 0 Å². The van der Waals surface area contributed by atoms with Crippen LogP contribution in [0, 0.1) is 0 Å². The number of nitrogens with zero attached hydrogens (tertiary/aromatic N) is 1. The zero-order valence-corrected chi connectivity index (χ0v) is 11.9. The Bertz CT molecular complexity index is 537. The summed E-state index contributed by atoms with van der Waals surface area (Å²) in [7, 11) is 0. The van der Waals surface area contributed by atoms with Crippen LogP contribution in [-0.4, -0.2) is 34.3 Å². The fraction of sp³-hybridized carbons (Fsp3) is 0.533. The van der Waals surface area contributed by atoms with Crippen molar-refractivity contribution in [3.05, 3.63) is 35.4 Å². The number of amides is 1. The van der Waals surface area contributed by atoms with E-state index >= 15 is 0 Å². The van der Waals surface area contributed by atoms with Gasteiger partial charge in [-0.05, 0) is 26.3 Å². The van der Waals surface area contributed by atoms with Gasteiger partial charge < -0.3 is 14.6 Å². The predicted molar refractivity (Wildman–Crippen MR) is 72.0 cm³/mol. The topological polar surface area (TPSA) is 59.0 Å². The molecule has 1 fully saturated rings. The van der Waals surface area contributed by atoms with Gasteiger partial charge in [0.2, 0.25) is 0 Å². The number of hydrogen-bond donors (Lipinski definition) is 1. The second-order valence-electron chi connectivity index (χ2n) is 6.21. The predicted octanol–water partition coefficient (Wildman–Crippen LogP) is 2.37. The number of carbonyl (C=O) groups excluding carboxylic acids is 1. The van der Waals surface area contributed by atoms with Crippen LogP contribution in [0.2, 0.25) is 0 Å². The summed E-state index contributed by atoms with van der Waals surface area (Å²) in [5.74, 6) is 0. The van der Waals surface area contributed by atoms with Crippen LogP contribution in [-0.2, 0) is 9.47 Å². The Labute approximate surface area is 118 Å². The molecule has 5 heteroatoms. The van der Waals surface area contributed by atoms with Crippen LogP contribution in [0.25, 0.3) is 0 Å². The number of hydrogen-bond acceptors (Lipinski definition) is 4. The first-order valence-electron chi connectivity index (χ1n) is 6.78. The third-order valence-electron chi connectivity index (χ3n) is 3.58. The minimum absolute atomic E-state index is 0.319. The number of rotatable bonds is 0. The Morgan fingerprint density at radius 2 is 2.00 bits per heavy atom. The molecule has 3 rings (SSSR count). The average Bonchev–Trinajstić information content (AvgIpc) is 2.74. The van der Waals surface area contributed by atoms with E-state index in [1.807, 2.05) is 45.0 Å². The Balaban J connectivity index is 1.94. The van der Waals surface area contributed by atoms with E-state index in [0.717, 1.165) is 11.1 Å². The maximum absolute atomic E-state index is 12.3. The largest absolute Gasteiger partial charge is 0.444 e. The molecule has 0 aliphatic carbocycles. The van der Waals surface area contributed by atoms with Crippen molar-refractivity contribution < 1.29 is 19.4 Å². The molecule has 0 radical (unpaired) electrons. The van der Waals surface area contributed by atoms with Gasteiger partial charge in [0.1, 0.15) is 11.7 Å². The van der Waals surface area contributed by atoms with Crippen LogP contribution in [0.5, 0.6) is 0 Å². The summed E-state index contributed by atoms with van der Waals surface area (Å²) >= 11 is 0. The molecule has 2 aliphatic rings. The monoisotopic (exact) mass is 277 g/mol. The van der Waals surface area contributed by atoms with E-state index in [0.29, 0.717) is 6.61 Å². The minimum atomic E-state index is -0.738. The molecule has 1 aromatic rings. The highest BCUT2D eigenvalue weighted by atomic mass is 16.6. The number of carbonyl (C=O) groups is 1. The second-order valence-corrected chi connectivity index (χ2v) is 6.21. The number of ether oxygens (including phenoxy) is 2. The van der Waals surface area contributed by atoms with Crippen molar-refractivity contribution in [1.29, 1.82) is 0 Å². The molecule has 2 aliphatic heterocycles. The summed E-state index contributed by atoms with van der Waals surface area (Å²) in [6.45, 7) is 5.78. The van der Waals surface area contributed by atoms with E-state index in [9.17, 15) is 9.90 Å². The molecule has 1 saturated heterocycles. The molecule has 20 heavy (non-hydrogen) atoms.